The summed E-state index contributed by atoms with van der Waals surface area (Å²) in [6.45, 7) is 4.19. The van der Waals surface area contributed by atoms with Gasteiger partial charge in [-0.25, -0.2) is 0 Å². The van der Waals surface area contributed by atoms with Crippen molar-refractivity contribution in [2.45, 2.75) is 418 Å². The van der Waals surface area contributed by atoms with Crippen LogP contribution in [0.4, 0.5) is 0 Å². The smallest absolute Gasteiger partial charge is 0.306 e. The van der Waals surface area contributed by atoms with Crippen LogP contribution in [0.1, 0.15) is 412 Å². The molecule has 0 N–H and O–H groups in total. The molecule has 10 heteroatoms. The Kier molecular flexibility index (Phi) is 76.1. The number of likely N-dealkylation sites (N-methyl/N-ethyl adjacent to an activating group) is 1. The Hall–Kier alpha value is -2.81. The van der Waals surface area contributed by atoms with E-state index < -0.39 is 26.5 Å². The average Bonchev–Trinajstić information content (AvgIpc) is 1.08. The van der Waals surface area contributed by atoms with Gasteiger partial charge in [0.2, 0.25) is 0 Å². The second kappa shape index (κ2) is 78.3. The predicted molar refractivity (Wildman–Crippen MR) is 425 cm³/mol. The van der Waals surface area contributed by atoms with Crippen LogP contribution in [0.5, 0.6) is 0 Å². The fourth-order valence-corrected chi connectivity index (χ4v) is 13.2. The number of allylic oxidation sites excluding steroid dienone is 14. The number of carbonyl (C=O) groups excluding carboxylic acids is 2. The Morgan fingerprint density at radius 2 is 0.582 bits per heavy atom. The SMILES string of the molecule is CC/C=C\C/C=C\C/C=C\C/C=C\C/C=C\C/C=C\CCCCCCCCCCCCCCCCCCCCCCCCC(=O)OC(COC(=O)CCCCCCCCCCCCCCCCCCCCCCC/C=C\CCCCCCCCCC)COP(=O)([O-])OCC[N+](C)(C)C. The van der Waals surface area contributed by atoms with Crippen LogP contribution >= 0.6 is 7.82 Å². The maximum absolute atomic E-state index is 12.9. The van der Waals surface area contributed by atoms with Gasteiger partial charge in [0.05, 0.1) is 27.7 Å². The highest BCUT2D eigenvalue weighted by Crippen LogP contribution is 2.38. The van der Waals surface area contributed by atoms with Gasteiger partial charge < -0.3 is 27.9 Å². The summed E-state index contributed by atoms with van der Waals surface area (Å²) in [7, 11) is 1.19. The van der Waals surface area contributed by atoms with Gasteiger partial charge >= 0.3 is 11.9 Å². The van der Waals surface area contributed by atoms with Crippen molar-refractivity contribution in [3.05, 3.63) is 85.1 Å². The minimum absolute atomic E-state index is 0.0292. The lowest BCUT2D eigenvalue weighted by molar-refractivity contribution is -0.870. The second-order valence-electron chi connectivity index (χ2n) is 29.8. The number of carbonyl (C=O) groups is 2. The van der Waals surface area contributed by atoms with Crippen LogP contribution in [0, 0.1) is 0 Å². The molecule has 0 saturated carbocycles. The van der Waals surface area contributed by atoms with Crippen LogP contribution in [0.3, 0.4) is 0 Å². The number of ether oxygens (including phenoxy) is 2. The lowest BCUT2D eigenvalue weighted by Crippen LogP contribution is -2.37. The molecule has 9 nitrogen and oxygen atoms in total. The molecule has 0 amide bonds. The standard InChI is InChI=1S/C88H162NO8P/c1-6-8-10-12-14-16-18-20-22-24-26-28-30-32-34-36-38-40-41-42-43-44-45-46-47-49-51-53-55-57-59-61-63-65-67-69-71-73-75-77-79-81-88(91)97-86(85-96-98(92,93)95-83-82-89(3,4)5)84-94-87(90)80-78-76-74-72-70-68-66-64-62-60-58-56-54-52-50-48-39-37-35-33-31-29-27-25-23-21-19-17-15-13-11-9-7-2/h8,10,14,16,20,22,25-28,32,34,38,40,86H,6-7,9,11-13,15,17-19,21,23-24,29-31,33,35-37,39,41-85H2,1-5H3/b10-8-,16-14-,22-20-,27-25-,28-26-,34-32-,40-38-. The van der Waals surface area contributed by atoms with E-state index in [1.165, 1.54) is 308 Å². The molecule has 0 bridgehead atoms. The monoisotopic (exact) mass is 1390 g/mol. The molecule has 0 aliphatic rings. The molecule has 0 rings (SSSR count). The third-order valence-corrected chi connectivity index (χ3v) is 19.9. The molecule has 0 aliphatic carbocycles. The number of quaternary nitrogens is 1. The number of unbranched alkanes of at least 4 members (excludes halogenated alkanes) is 51. The molecule has 0 aromatic carbocycles. The summed E-state index contributed by atoms with van der Waals surface area (Å²) in [5.41, 5.74) is 0. The molecule has 0 spiro atoms. The fourth-order valence-electron chi connectivity index (χ4n) is 12.5. The second-order valence-corrected chi connectivity index (χ2v) is 31.2. The van der Waals surface area contributed by atoms with Crippen LogP contribution in [0.15, 0.2) is 85.1 Å². The molecule has 0 aliphatic heterocycles. The van der Waals surface area contributed by atoms with Crippen LogP contribution in [-0.4, -0.2) is 70.0 Å². The zero-order valence-electron chi connectivity index (χ0n) is 65.5. The highest BCUT2D eigenvalue weighted by atomic mass is 31.2. The highest BCUT2D eigenvalue weighted by molar-refractivity contribution is 7.45. The van der Waals surface area contributed by atoms with E-state index in [1.807, 2.05) is 21.1 Å². The van der Waals surface area contributed by atoms with E-state index in [2.05, 4.69) is 98.9 Å². The van der Waals surface area contributed by atoms with Crippen molar-refractivity contribution >= 4 is 19.8 Å². The Morgan fingerprint density at radius 3 is 0.878 bits per heavy atom. The molecule has 2 unspecified atom stereocenters. The first kappa shape index (κ1) is 95.2. The van der Waals surface area contributed by atoms with Crippen LogP contribution in [-0.2, 0) is 32.7 Å². The number of hydrogen-bond donors (Lipinski definition) is 0. The number of rotatable bonds is 79. The van der Waals surface area contributed by atoms with Crippen LogP contribution in [0.2, 0.25) is 0 Å². The molecule has 0 aromatic rings. The number of esters is 2. The van der Waals surface area contributed by atoms with Gasteiger partial charge in [-0.2, -0.15) is 0 Å². The van der Waals surface area contributed by atoms with Gasteiger partial charge in [0.25, 0.3) is 7.82 Å². The van der Waals surface area contributed by atoms with Crippen molar-refractivity contribution in [3.63, 3.8) is 0 Å². The van der Waals surface area contributed by atoms with Crippen molar-refractivity contribution < 1.29 is 42.1 Å². The van der Waals surface area contributed by atoms with Crippen molar-refractivity contribution in [1.82, 2.24) is 0 Å². The van der Waals surface area contributed by atoms with Gasteiger partial charge in [0, 0.05) is 12.8 Å². The van der Waals surface area contributed by atoms with E-state index in [-0.39, 0.29) is 32.0 Å². The molecular formula is C88H162NO8P. The van der Waals surface area contributed by atoms with Crippen molar-refractivity contribution in [2.24, 2.45) is 0 Å². The zero-order valence-corrected chi connectivity index (χ0v) is 66.4. The predicted octanol–water partition coefficient (Wildman–Crippen LogP) is 27.8. The molecule has 0 fully saturated rings. The summed E-state index contributed by atoms with van der Waals surface area (Å²) < 4.78 is 34.5. The first-order valence-corrected chi connectivity index (χ1v) is 43.8. The lowest BCUT2D eigenvalue weighted by Gasteiger charge is -2.28. The molecule has 0 radical (unpaired) electrons. The van der Waals surface area contributed by atoms with Gasteiger partial charge in [0.1, 0.15) is 19.8 Å². The van der Waals surface area contributed by atoms with Gasteiger partial charge in [-0.05, 0) is 89.9 Å². The summed E-state index contributed by atoms with van der Waals surface area (Å²) in [4.78, 5) is 38.2. The van der Waals surface area contributed by atoms with Crippen LogP contribution < -0.4 is 4.89 Å². The van der Waals surface area contributed by atoms with E-state index in [9.17, 15) is 19.0 Å². The number of nitrogens with zero attached hydrogens (tertiary/aromatic N) is 1. The molecule has 572 valence electrons. The summed E-state index contributed by atoms with van der Waals surface area (Å²) in [5.74, 6) is -0.810. The van der Waals surface area contributed by atoms with Crippen molar-refractivity contribution in [3.8, 4) is 0 Å². The van der Waals surface area contributed by atoms with E-state index >= 15 is 0 Å². The molecule has 0 aromatic heterocycles. The summed E-state index contributed by atoms with van der Waals surface area (Å²) in [6, 6.07) is 0. The lowest BCUT2D eigenvalue weighted by atomic mass is 10.0. The average molecular weight is 1390 g/mol. The van der Waals surface area contributed by atoms with Crippen molar-refractivity contribution in [2.75, 3.05) is 47.5 Å². The first-order valence-electron chi connectivity index (χ1n) is 42.3. The quantitative estimate of drug-likeness (QED) is 0.0195. The molecular weight excluding hydrogens is 1230 g/mol. The van der Waals surface area contributed by atoms with Gasteiger partial charge in [0.15, 0.2) is 6.10 Å². The minimum atomic E-state index is -4.65. The van der Waals surface area contributed by atoms with Gasteiger partial charge in [-0.1, -0.05) is 394 Å². The van der Waals surface area contributed by atoms with Crippen molar-refractivity contribution in [1.29, 1.82) is 0 Å². The van der Waals surface area contributed by atoms with E-state index in [0.29, 0.717) is 17.4 Å². The number of hydrogen-bond acceptors (Lipinski definition) is 8. The molecule has 0 saturated heterocycles. The fraction of sp³-hybridized carbons (Fsp3) is 0.818. The van der Waals surface area contributed by atoms with E-state index in [4.69, 9.17) is 18.5 Å². The number of phosphoric acid groups is 1. The Labute approximate surface area is 609 Å². The first-order chi connectivity index (χ1) is 48.0. The van der Waals surface area contributed by atoms with Crippen LogP contribution in [0.25, 0.3) is 0 Å². The maximum Gasteiger partial charge on any atom is 0.306 e. The summed E-state index contributed by atoms with van der Waals surface area (Å²) in [5, 5.41) is 0. The minimum Gasteiger partial charge on any atom is -0.756 e. The third-order valence-electron chi connectivity index (χ3n) is 18.9. The normalized spacial score (nSPS) is 13.4. The van der Waals surface area contributed by atoms with Gasteiger partial charge in [-0.3, -0.25) is 14.2 Å². The summed E-state index contributed by atoms with van der Waals surface area (Å²) >= 11 is 0. The Morgan fingerprint density at radius 1 is 0.327 bits per heavy atom. The molecule has 2 atom stereocenters. The zero-order chi connectivity index (χ0) is 71.1. The Balaban J connectivity index is 3.89. The Bertz CT molecular complexity index is 1930. The topological polar surface area (TPSA) is 111 Å². The highest BCUT2D eigenvalue weighted by Gasteiger charge is 2.22. The molecule has 0 heterocycles. The van der Waals surface area contributed by atoms with E-state index in [0.717, 1.165) is 70.6 Å². The maximum atomic E-state index is 12.9. The third kappa shape index (κ3) is 82.1. The van der Waals surface area contributed by atoms with E-state index in [1.54, 1.807) is 0 Å². The molecule has 98 heavy (non-hydrogen) atoms. The largest absolute Gasteiger partial charge is 0.756 e. The number of phosphoric ester groups is 1. The summed E-state index contributed by atoms with van der Waals surface area (Å²) in [6.07, 6.45) is 109. The van der Waals surface area contributed by atoms with Gasteiger partial charge in [-0.15, -0.1) is 0 Å².